The van der Waals surface area contributed by atoms with Gasteiger partial charge in [-0.05, 0) is 18.7 Å². The van der Waals surface area contributed by atoms with Gasteiger partial charge in [0.1, 0.15) is 5.03 Å². The third-order valence-electron chi connectivity index (χ3n) is 2.02. The van der Waals surface area contributed by atoms with E-state index in [1.165, 1.54) is 23.1 Å². The Morgan fingerprint density at radius 3 is 2.78 bits per heavy atom. The van der Waals surface area contributed by atoms with E-state index < -0.39 is 0 Å². The van der Waals surface area contributed by atoms with Gasteiger partial charge in [-0.25, -0.2) is 15.8 Å². The maximum Gasteiger partial charge on any atom is 0.238 e. The number of hydrogen-bond donors (Lipinski definition) is 2. The number of hydrogen-bond acceptors (Lipinski definition) is 9. The third-order valence-corrected chi connectivity index (χ3v) is 4.27. The molecule has 0 aliphatic carbocycles. The lowest BCUT2D eigenvalue weighted by atomic mass is 10.4. The molecular weight excluding hydrogens is 270 g/mol. The van der Waals surface area contributed by atoms with Crippen molar-refractivity contribution in [1.82, 2.24) is 20.2 Å². The number of aryl methyl sites for hydroxylation is 1. The van der Waals surface area contributed by atoms with Crippen molar-refractivity contribution in [3.05, 3.63) is 11.8 Å². The Labute approximate surface area is 113 Å². The largest absolute Gasteiger partial charge is 0.353 e. The van der Waals surface area contributed by atoms with Crippen molar-refractivity contribution >= 4 is 34.2 Å². The van der Waals surface area contributed by atoms with Crippen molar-refractivity contribution in [3.8, 4) is 0 Å². The number of aromatic nitrogens is 4. The second-order valence-corrected chi connectivity index (χ2v) is 5.87. The first kappa shape index (κ1) is 13.0. The summed E-state index contributed by atoms with van der Waals surface area (Å²) >= 11 is 2.97. The Balaban J connectivity index is 2.22. The van der Waals surface area contributed by atoms with Crippen LogP contribution in [0.4, 0.5) is 11.1 Å². The highest BCUT2D eigenvalue weighted by atomic mass is 32.2. The molecular formula is C9H13N7S2. The van der Waals surface area contributed by atoms with Crippen LogP contribution in [0.3, 0.4) is 0 Å². The van der Waals surface area contributed by atoms with Crippen LogP contribution in [0.15, 0.2) is 15.6 Å². The number of hydrazine groups is 1. The first-order valence-corrected chi connectivity index (χ1v) is 6.72. The number of nitrogens with two attached hydrogens (primary N) is 1. The molecule has 2 aromatic rings. The van der Waals surface area contributed by atoms with Crippen molar-refractivity contribution in [3.63, 3.8) is 0 Å². The van der Waals surface area contributed by atoms with Gasteiger partial charge in [-0.3, -0.25) is 5.43 Å². The van der Waals surface area contributed by atoms with Crippen molar-refractivity contribution in [2.75, 3.05) is 24.4 Å². The molecule has 0 spiro atoms. The van der Waals surface area contributed by atoms with E-state index in [9.17, 15) is 0 Å². The number of nitrogen functional groups attached to an aromatic ring is 1. The van der Waals surface area contributed by atoms with E-state index in [-0.39, 0.29) is 0 Å². The van der Waals surface area contributed by atoms with Crippen LogP contribution in [0.2, 0.25) is 0 Å². The van der Waals surface area contributed by atoms with Crippen molar-refractivity contribution < 1.29 is 0 Å². The molecule has 0 aliphatic heterocycles. The molecule has 2 rings (SSSR count). The summed E-state index contributed by atoms with van der Waals surface area (Å²) in [6.07, 6.45) is 1.72. The Hall–Kier alpha value is -1.45. The number of nitrogens with one attached hydrogen (secondary N) is 1. The van der Waals surface area contributed by atoms with E-state index >= 15 is 0 Å². The number of rotatable bonds is 4. The van der Waals surface area contributed by atoms with Crippen LogP contribution >= 0.6 is 23.1 Å². The van der Waals surface area contributed by atoms with E-state index in [0.29, 0.717) is 5.95 Å². The van der Waals surface area contributed by atoms with Gasteiger partial charge in [0, 0.05) is 25.9 Å². The molecule has 3 N–H and O–H groups in total. The minimum atomic E-state index is 0.389. The molecule has 9 heteroatoms. The quantitative estimate of drug-likeness (QED) is 0.490. The standard InChI is InChI=1S/C9H13N7S2/c1-5-4-11-7(13-10)12-6(5)17-9-15-14-8(18-9)16(2)3/h4H,10H2,1-3H3,(H,11,12,13). The fraction of sp³-hybridized carbons (Fsp3) is 0.333. The summed E-state index contributed by atoms with van der Waals surface area (Å²) in [4.78, 5) is 10.2. The van der Waals surface area contributed by atoms with Crippen LogP contribution in [0, 0.1) is 6.92 Å². The monoisotopic (exact) mass is 283 g/mol. The molecule has 7 nitrogen and oxygen atoms in total. The molecule has 0 aliphatic rings. The Morgan fingerprint density at radius 1 is 1.39 bits per heavy atom. The molecule has 0 fully saturated rings. The molecule has 96 valence electrons. The fourth-order valence-corrected chi connectivity index (χ4v) is 2.83. The van der Waals surface area contributed by atoms with Crippen LogP contribution < -0.4 is 16.2 Å². The van der Waals surface area contributed by atoms with Gasteiger partial charge < -0.3 is 4.90 Å². The zero-order valence-electron chi connectivity index (χ0n) is 10.2. The van der Waals surface area contributed by atoms with Crippen LogP contribution in [0.25, 0.3) is 0 Å². The number of anilines is 2. The smallest absolute Gasteiger partial charge is 0.238 e. The predicted molar refractivity (Wildman–Crippen MR) is 72.9 cm³/mol. The Bertz CT molecular complexity index is 539. The van der Waals surface area contributed by atoms with Gasteiger partial charge in [-0.2, -0.15) is 0 Å². The van der Waals surface area contributed by atoms with Gasteiger partial charge in [0.05, 0.1) is 0 Å². The highest BCUT2D eigenvalue weighted by Gasteiger charge is 2.11. The summed E-state index contributed by atoms with van der Waals surface area (Å²) in [6, 6.07) is 0. The zero-order valence-corrected chi connectivity index (χ0v) is 11.8. The maximum atomic E-state index is 5.29. The van der Waals surface area contributed by atoms with Gasteiger partial charge in [0.25, 0.3) is 0 Å². The molecule has 2 heterocycles. The van der Waals surface area contributed by atoms with Crippen LogP contribution in [0.1, 0.15) is 5.56 Å². The normalized spacial score (nSPS) is 10.4. The summed E-state index contributed by atoms with van der Waals surface area (Å²) in [7, 11) is 3.86. The van der Waals surface area contributed by atoms with Gasteiger partial charge in [0.2, 0.25) is 11.1 Å². The van der Waals surface area contributed by atoms with E-state index in [1.807, 2.05) is 25.9 Å². The Morgan fingerprint density at radius 2 is 2.17 bits per heavy atom. The highest BCUT2D eigenvalue weighted by molar-refractivity contribution is 8.01. The third kappa shape index (κ3) is 2.86. The second kappa shape index (κ2) is 5.46. The van der Waals surface area contributed by atoms with Gasteiger partial charge >= 0.3 is 0 Å². The summed E-state index contributed by atoms with van der Waals surface area (Å²) in [5.41, 5.74) is 3.40. The fourth-order valence-electron chi connectivity index (χ4n) is 1.11. The van der Waals surface area contributed by atoms with Gasteiger partial charge in [-0.15, -0.1) is 10.2 Å². The molecule has 0 atom stereocenters. The second-order valence-electron chi connectivity index (χ2n) is 3.67. The maximum absolute atomic E-state index is 5.29. The molecule has 0 amide bonds. The van der Waals surface area contributed by atoms with Crippen LogP contribution in [-0.4, -0.2) is 34.3 Å². The lowest BCUT2D eigenvalue weighted by Gasteiger charge is -2.04. The van der Waals surface area contributed by atoms with Gasteiger partial charge in [-0.1, -0.05) is 11.3 Å². The number of nitrogens with zero attached hydrogens (tertiary/aromatic N) is 5. The molecule has 0 aromatic carbocycles. The lowest BCUT2D eigenvalue weighted by Crippen LogP contribution is -2.10. The topological polar surface area (TPSA) is 92.8 Å². The summed E-state index contributed by atoms with van der Waals surface area (Å²) in [5.74, 6) is 5.68. The average Bonchev–Trinajstić information content (AvgIpc) is 2.81. The minimum absolute atomic E-state index is 0.389. The first-order chi connectivity index (χ1) is 8.60. The van der Waals surface area contributed by atoms with E-state index in [2.05, 4.69) is 25.6 Å². The van der Waals surface area contributed by atoms with Crippen LogP contribution in [0.5, 0.6) is 0 Å². The van der Waals surface area contributed by atoms with Crippen molar-refractivity contribution in [1.29, 1.82) is 0 Å². The highest BCUT2D eigenvalue weighted by Crippen LogP contribution is 2.33. The Kier molecular flexibility index (Phi) is 3.94. The van der Waals surface area contributed by atoms with E-state index in [0.717, 1.165) is 20.1 Å². The molecule has 0 bridgehead atoms. The molecule has 0 saturated heterocycles. The minimum Gasteiger partial charge on any atom is -0.353 e. The zero-order chi connectivity index (χ0) is 13.1. The summed E-state index contributed by atoms with van der Waals surface area (Å²) < 4.78 is 0.837. The SMILES string of the molecule is Cc1cnc(NN)nc1Sc1nnc(N(C)C)s1. The molecule has 0 saturated carbocycles. The van der Waals surface area contributed by atoms with E-state index in [1.54, 1.807) is 6.20 Å². The van der Waals surface area contributed by atoms with E-state index in [4.69, 9.17) is 5.84 Å². The average molecular weight is 283 g/mol. The molecule has 2 aromatic heterocycles. The lowest BCUT2D eigenvalue weighted by molar-refractivity contribution is 0.961. The van der Waals surface area contributed by atoms with Crippen molar-refractivity contribution in [2.24, 2.45) is 5.84 Å². The van der Waals surface area contributed by atoms with Crippen LogP contribution in [-0.2, 0) is 0 Å². The predicted octanol–water partition coefficient (Wildman–Crippen LogP) is 1.14. The molecule has 0 radical (unpaired) electrons. The van der Waals surface area contributed by atoms with Gasteiger partial charge in [0.15, 0.2) is 4.34 Å². The summed E-state index contributed by atoms with van der Waals surface area (Å²) in [5, 5.41) is 9.86. The molecule has 18 heavy (non-hydrogen) atoms. The molecule has 0 unspecified atom stereocenters. The van der Waals surface area contributed by atoms with Crippen molar-refractivity contribution in [2.45, 2.75) is 16.3 Å². The summed E-state index contributed by atoms with van der Waals surface area (Å²) in [6.45, 7) is 1.94. The first-order valence-electron chi connectivity index (χ1n) is 5.09.